The van der Waals surface area contributed by atoms with Gasteiger partial charge in [-0.15, -0.1) is 0 Å². The van der Waals surface area contributed by atoms with E-state index in [4.69, 9.17) is 4.74 Å². The molecule has 0 saturated heterocycles. The van der Waals surface area contributed by atoms with Crippen LogP contribution in [0.4, 0.5) is 0 Å². The lowest BCUT2D eigenvalue weighted by Gasteiger charge is -2.52. The Bertz CT molecular complexity index is 482. The number of halogens is 1. The van der Waals surface area contributed by atoms with Gasteiger partial charge in [0.2, 0.25) is 0 Å². The first kappa shape index (κ1) is 14.4. The van der Waals surface area contributed by atoms with E-state index in [1.807, 2.05) is 6.92 Å². The molecule has 3 fully saturated rings. The topological polar surface area (TPSA) is 26.3 Å². The maximum Gasteiger partial charge on any atom is 0.312 e. The summed E-state index contributed by atoms with van der Waals surface area (Å²) in [6.07, 6.45) is 6.39. The fraction of sp³-hybridized carbons (Fsp3) is 0.588. The van der Waals surface area contributed by atoms with Gasteiger partial charge in [0.1, 0.15) is 0 Å². The SMILES string of the molecule is CCOC(=O)C12CCC(c3ccc(I)cc3)(CC1)CC2. The van der Waals surface area contributed by atoms with E-state index in [-0.39, 0.29) is 11.4 Å². The van der Waals surface area contributed by atoms with Crippen LogP contribution in [0.1, 0.15) is 51.0 Å². The van der Waals surface area contributed by atoms with Crippen LogP contribution in [0, 0.1) is 8.99 Å². The molecule has 0 amide bonds. The van der Waals surface area contributed by atoms with Gasteiger partial charge in [-0.2, -0.15) is 0 Å². The van der Waals surface area contributed by atoms with Crippen molar-refractivity contribution < 1.29 is 9.53 Å². The number of hydrogen-bond acceptors (Lipinski definition) is 2. The number of carbonyl (C=O) groups is 1. The molecule has 108 valence electrons. The van der Waals surface area contributed by atoms with Crippen LogP contribution in [-0.4, -0.2) is 12.6 Å². The molecule has 0 atom stereocenters. The molecule has 2 nitrogen and oxygen atoms in total. The van der Waals surface area contributed by atoms with Gasteiger partial charge in [-0.25, -0.2) is 0 Å². The molecular formula is C17H21IO2. The molecular weight excluding hydrogens is 363 g/mol. The van der Waals surface area contributed by atoms with Crippen molar-refractivity contribution in [2.75, 3.05) is 6.61 Å². The van der Waals surface area contributed by atoms with Gasteiger partial charge in [0.05, 0.1) is 12.0 Å². The normalized spacial score (nSPS) is 32.1. The van der Waals surface area contributed by atoms with E-state index in [1.54, 1.807) is 0 Å². The lowest BCUT2D eigenvalue weighted by molar-refractivity contribution is -0.162. The van der Waals surface area contributed by atoms with E-state index < -0.39 is 0 Å². The second-order valence-corrected chi connectivity index (χ2v) is 7.53. The second-order valence-electron chi connectivity index (χ2n) is 6.29. The van der Waals surface area contributed by atoms with Crippen LogP contribution in [0.2, 0.25) is 0 Å². The Morgan fingerprint density at radius 3 is 2.15 bits per heavy atom. The summed E-state index contributed by atoms with van der Waals surface area (Å²) in [5.74, 6) is 0.0518. The lowest BCUT2D eigenvalue weighted by Crippen LogP contribution is -2.48. The van der Waals surface area contributed by atoms with Gasteiger partial charge in [0.25, 0.3) is 0 Å². The molecule has 1 aromatic rings. The van der Waals surface area contributed by atoms with Crippen molar-refractivity contribution in [3.63, 3.8) is 0 Å². The second kappa shape index (κ2) is 5.32. The third kappa shape index (κ3) is 2.28. The Morgan fingerprint density at radius 2 is 1.65 bits per heavy atom. The molecule has 3 saturated carbocycles. The fourth-order valence-electron chi connectivity index (χ4n) is 4.01. The number of fused-ring (bicyclic) bond motifs is 3. The molecule has 3 heteroatoms. The Kier molecular flexibility index (Phi) is 3.82. The van der Waals surface area contributed by atoms with Crippen LogP contribution in [0.3, 0.4) is 0 Å². The largest absolute Gasteiger partial charge is 0.466 e. The summed E-state index contributed by atoms with van der Waals surface area (Å²) in [4.78, 5) is 12.2. The number of esters is 1. The van der Waals surface area contributed by atoms with Crippen molar-refractivity contribution in [3.8, 4) is 0 Å². The van der Waals surface area contributed by atoms with Crippen molar-refractivity contribution in [2.24, 2.45) is 5.41 Å². The van der Waals surface area contributed by atoms with Gasteiger partial charge in [0.15, 0.2) is 0 Å². The standard InChI is InChI=1S/C17H21IO2/c1-2-20-15(19)17-10-7-16(8-11-17,9-12-17)13-3-5-14(18)6-4-13/h3-6H,2,7-12H2,1H3. The Balaban J connectivity index is 1.80. The molecule has 20 heavy (non-hydrogen) atoms. The smallest absolute Gasteiger partial charge is 0.312 e. The Hall–Kier alpha value is -0.580. The van der Waals surface area contributed by atoms with Gasteiger partial charge >= 0.3 is 5.97 Å². The maximum absolute atomic E-state index is 12.2. The molecule has 0 aliphatic heterocycles. The van der Waals surface area contributed by atoms with Gasteiger partial charge in [-0.3, -0.25) is 4.79 Å². The van der Waals surface area contributed by atoms with Gasteiger partial charge in [0, 0.05) is 3.57 Å². The first-order valence-electron chi connectivity index (χ1n) is 7.54. The Morgan fingerprint density at radius 1 is 1.10 bits per heavy atom. The molecule has 0 aromatic heterocycles. The van der Waals surface area contributed by atoms with E-state index in [2.05, 4.69) is 46.9 Å². The van der Waals surface area contributed by atoms with Crippen molar-refractivity contribution in [1.82, 2.24) is 0 Å². The quantitative estimate of drug-likeness (QED) is 0.569. The van der Waals surface area contributed by atoms with E-state index in [9.17, 15) is 4.79 Å². The highest BCUT2D eigenvalue weighted by Gasteiger charge is 2.53. The van der Waals surface area contributed by atoms with Crippen LogP contribution in [0.15, 0.2) is 24.3 Å². The highest BCUT2D eigenvalue weighted by atomic mass is 127. The predicted molar refractivity (Wildman–Crippen MR) is 87.6 cm³/mol. The molecule has 0 heterocycles. The van der Waals surface area contributed by atoms with E-state index in [0.717, 1.165) is 38.5 Å². The van der Waals surface area contributed by atoms with Crippen molar-refractivity contribution in [1.29, 1.82) is 0 Å². The van der Waals surface area contributed by atoms with Gasteiger partial charge in [-0.1, -0.05) is 12.1 Å². The van der Waals surface area contributed by atoms with Crippen molar-refractivity contribution in [3.05, 3.63) is 33.4 Å². The lowest BCUT2D eigenvalue weighted by atomic mass is 9.52. The molecule has 2 bridgehead atoms. The fourth-order valence-corrected chi connectivity index (χ4v) is 4.37. The number of carbonyl (C=O) groups excluding carboxylic acids is 1. The minimum absolute atomic E-state index is 0.0518. The zero-order valence-corrected chi connectivity index (χ0v) is 14.1. The molecule has 0 unspecified atom stereocenters. The van der Waals surface area contributed by atoms with Crippen molar-refractivity contribution >= 4 is 28.6 Å². The summed E-state index contributed by atoms with van der Waals surface area (Å²) in [6, 6.07) is 8.97. The molecule has 3 aliphatic rings. The summed E-state index contributed by atoms with van der Waals surface area (Å²) >= 11 is 2.35. The maximum atomic E-state index is 12.2. The highest BCUT2D eigenvalue weighted by molar-refractivity contribution is 14.1. The molecule has 3 aliphatic carbocycles. The van der Waals surface area contributed by atoms with E-state index >= 15 is 0 Å². The molecule has 4 rings (SSSR count). The van der Waals surface area contributed by atoms with E-state index in [1.165, 1.54) is 9.13 Å². The van der Waals surface area contributed by atoms with Crippen LogP contribution in [0.25, 0.3) is 0 Å². The molecule has 0 spiro atoms. The molecule has 1 aromatic carbocycles. The summed E-state index contributed by atoms with van der Waals surface area (Å²) < 4.78 is 6.60. The third-order valence-corrected chi connectivity index (χ3v) is 6.13. The summed E-state index contributed by atoms with van der Waals surface area (Å²) in [6.45, 7) is 2.40. The zero-order valence-electron chi connectivity index (χ0n) is 12.0. The summed E-state index contributed by atoms with van der Waals surface area (Å²) in [5, 5.41) is 0. The van der Waals surface area contributed by atoms with E-state index in [0.29, 0.717) is 12.0 Å². The Labute approximate surface area is 134 Å². The minimum Gasteiger partial charge on any atom is -0.466 e. The van der Waals surface area contributed by atoms with Crippen LogP contribution >= 0.6 is 22.6 Å². The predicted octanol–water partition coefficient (Wildman–Crippen LogP) is 4.45. The zero-order chi connectivity index (χ0) is 14.2. The minimum atomic E-state index is -0.166. The molecule has 0 radical (unpaired) electrons. The number of benzene rings is 1. The van der Waals surface area contributed by atoms with Crippen LogP contribution < -0.4 is 0 Å². The first-order valence-corrected chi connectivity index (χ1v) is 8.61. The first-order chi connectivity index (χ1) is 9.60. The van der Waals surface area contributed by atoms with Crippen LogP contribution in [0.5, 0.6) is 0 Å². The highest BCUT2D eigenvalue weighted by Crippen LogP contribution is 2.58. The average Bonchev–Trinajstić information content (AvgIpc) is 2.50. The average molecular weight is 384 g/mol. The number of ether oxygens (including phenoxy) is 1. The van der Waals surface area contributed by atoms with Gasteiger partial charge < -0.3 is 4.74 Å². The van der Waals surface area contributed by atoms with Crippen LogP contribution in [-0.2, 0) is 14.9 Å². The third-order valence-electron chi connectivity index (χ3n) is 5.41. The number of rotatable bonds is 3. The summed E-state index contributed by atoms with van der Waals surface area (Å²) in [7, 11) is 0. The monoisotopic (exact) mass is 384 g/mol. The number of hydrogen-bond donors (Lipinski definition) is 0. The summed E-state index contributed by atoms with van der Waals surface area (Å²) in [5.41, 5.74) is 1.62. The van der Waals surface area contributed by atoms with Crippen molar-refractivity contribution in [2.45, 2.75) is 50.9 Å². The molecule has 0 N–H and O–H groups in total. The van der Waals surface area contributed by atoms with Gasteiger partial charge in [-0.05, 0) is 91.2 Å².